The van der Waals surface area contributed by atoms with E-state index in [0.717, 1.165) is 37.3 Å². The van der Waals surface area contributed by atoms with Crippen LogP contribution in [-0.2, 0) is 0 Å². The Balaban J connectivity index is 2.37. The summed E-state index contributed by atoms with van der Waals surface area (Å²) in [5, 5.41) is 23.8. The standard InChI is InChI=1S/C12H20N2O2/c15-8-2-6-13-11-4-1-5-12(10-11)14-7-3-9-16/h1,4-5,10,13-16H,2-3,6-9H2. The van der Waals surface area contributed by atoms with Gasteiger partial charge in [-0.1, -0.05) is 6.07 Å². The predicted molar refractivity (Wildman–Crippen MR) is 66.8 cm³/mol. The maximum atomic E-state index is 8.67. The molecule has 0 saturated heterocycles. The van der Waals surface area contributed by atoms with Crippen LogP contribution >= 0.6 is 0 Å². The molecular formula is C12H20N2O2. The molecule has 0 aliphatic rings. The highest BCUT2D eigenvalue weighted by atomic mass is 16.3. The lowest BCUT2D eigenvalue weighted by Gasteiger charge is -2.09. The van der Waals surface area contributed by atoms with Crippen LogP contribution in [-0.4, -0.2) is 36.5 Å². The van der Waals surface area contributed by atoms with Crippen LogP contribution in [0.15, 0.2) is 24.3 Å². The quantitative estimate of drug-likeness (QED) is 0.502. The molecule has 0 atom stereocenters. The van der Waals surface area contributed by atoms with E-state index in [1.165, 1.54) is 0 Å². The van der Waals surface area contributed by atoms with Crippen molar-refractivity contribution in [3.05, 3.63) is 24.3 Å². The molecule has 1 aromatic carbocycles. The third-order valence-corrected chi connectivity index (χ3v) is 2.19. The topological polar surface area (TPSA) is 64.5 Å². The van der Waals surface area contributed by atoms with Crippen molar-refractivity contribution in [1.82, 2.24) is 0 Å². The lowest BCUT2D eigenvalue weighted by molar-refractivity contribution is 0.292. The molecular weight excluding hydrogens is 204 g/mol. The maximum Gasteiger partial charge on any atom is 0.0447 e. The zero-order valence-corrected chi connectivity index (χ0v) is 9.45. The number of hydrogen-bond donors (Lipinski definition) is 4. The molecule has 0 saturated carbocycles. The van der Waals surface area contributed by atoms with E-state index in [9.17, 15) is 0 Å². The molecule has 90 valence electrons. The van der Waals surface area contributed by atoms with Crippen LogP contribution in [0.1, 0.15) is 12.8 Å². The molecule has 0 aliphatic carbocycles. The molecule has 0 amide bonds. The minimum absolute atomic E-state index is 0.210. The predicted octanol–water partition coefficient (Wildman–Crippen LogP) is 1.28. The second-order valence-electron chi connectivity index (χ2n) is 3.59. The van der Waals surface area contributed by atoms with E-state index in [1.54, 1.807) is 0 Å². The highest BCUT2D eigenvalue weighted by molar-refractivity contribution is 5.56. The first kappa shape index (κ1) is 12.8. The zero-order valence-electron chi connectivity index (χ0n) is 9.45. The highest BCUT2D eigenvalue weighted by Gasteiger charge is 1.94. The van der Waals surface area contributed by atoms with E-state index in [4.69, 9.17) is 10.2 Å². The Morgan fingerprint density at radius 3 is 1.81 bits per heavy atom. The molecule has 0 radical (unpaired) electrons. The van der Waals surface area contributed by atoms with Crippen LogP contribution in [0.5, 0.6) is 0 Å². The molecule has 1 rings (SSSR count). The summed E-state index contributed by atoms with van der Waals surface area (Å²) in [6.45, 7) is 1.97. The third kappa shape index (κ3) is 5.00. The smallest absolute Gasteiger partial charge is 0.0447 e. The zero-order chi connectivity index (χ0) is 11.6. The van der Waals surface area contributed by atoms with Crippen molar-refractivity contribution in [3.63, 3.8) is 0 Å². The SMILES string of the molecule is OCCCNc1cccc(NCCCO)c1. The molecule has 4 nitrogen and oxygen atoms in total. The molecule has 0 fully saturated rings. The number of anilines is 2. The minimum Gasteiger partial charge on any atom is -0.396 e. The molecule has 0 aliphatic heterocycles. The van der Waals surface area contributed by atoms with Crippen LogP contribution in [0.2, 0.25) is 0 Å². The van der Waals surface area contributed by atoms with Crippen LogP contribution < -0.4 is 10.6 Å². The average Bonchev–Trinajstić information content (AvgIpc) is 2.30. The second-order valence-corrected chi connectivity index (χ2v) is 3.59. The van der Waals surface area contributed by atoms with E-state index in [2.05, 4.69) is 10.6 Å². The molecule has 0 unspecified atom stereocenters. The van der Waals surface area contributed by atoms with Crippen molar-refractivity contribution in [2.24, 2.45) is 0 Å². The van der Waals surface area contributed by atoms with Gasteiger partial charge in [0.25, 0.3) is 0 Å². The van der Waals surface area contributed by atoms with Gasteiger partial charge in [0.1, 0.15) is 0 Å². The van der Waals surface area contributed by atoms with Crippen LogP contribution in [0.3, 0.4) is 0 Å². The van der Waals surface area contributed by atoms with Crippen molar-refractivity contribution >= 4 is 11.4 Å². The summed E-state index contributed by atoms with van der Waals surface area (Å²) in [6, 6.07) is 7.99. The summed E-state index contributed by atoms with van der Waals surface area (Å²) < 4.78 is 0. The van der Waals surface area contributed by atoms with Crippen molar-refractivity contribution in [1.29, 1.82) is 0 Å². The molecule has 0 heterocycles. The molecule has 0 aromatic heterocycles. The first-order valence-electron chi connectivity index (χ1n) is 5.66. The number of rotatable bonds is 8. The lowest BCUT2D eigenvalue weighted by atomic mass is 10.2. The van der Waals surface area contributed by atoms with Gasteiger partial charge in [-0.25, -0.2) is 0 Å². The van der Waals surface area contributed by atoms with Gasteiger partial charge in [-0.3, -0.25) is 0 Å². The summed E-state index contributed by atoms with van der Waals surface area (Å²) in [4.78, 5) is 0. The van der Waals surface area contributed by atoms with E-state index in [1.807, 2.05) is 24.3 Å². The molecule has 16 heavy (non-hydrogen) atoms. The average molecular weight is 224 g/mol. The van der Waals surface area contributed by atoms with E-state index in [-0.39, 0.29) is 13.2 Å². The summed E-state index contributed by atoms with van der Waals surface area (Å²) >= 11 is 0. The molecule has 1 aromatic rings. The normalized spacial score (nSPS) is 10.1. The van der Waals surface area contributed by atoms with Gasteiger partial charge in [0, 0.05) is 37.7 Å². The van der Waals surface area contributed by atoms with E-state index in [0.29, 0.717) is 0 Å². The summed E-state index contributed by atoms with van der Waals surface area (Å²) in [5.41, 5.74) is 2.09. The van der Waals surface area contributed by atoms with Gasteiger partial charge in [-0.2, -0.15) is 0 Å². The van der Waals surface area contributed by atoms with Gasteiger partial charge in [-0.15, -0.1) is 0 Å². The molecule has 0 spiro atoms. The van der Waals surface area contributed by atoms with Gasteiger partial charge >= 0.3 is 0 Å². The van der Waals surface area contributed by atoms with Gasteiger partial charge in [0.15, 0.2) is 0 Å². The first-order valence-corrected chi connectivity index (χ1v) is 5.66. The van der Waals surface area contributed by atoms with Crippen molar-refractivity contribution < 1.29 is 10.2 Å². The maximum absolute atomic E-state index is 8.67. The molecule has 4 heteroatoms. The Morgan fingerprint density at radius 1 is 0.875 bits per heavy atom. The van der Waals surface area contributed by atoms with Gasteiger partial charge < -0.3 is 20.8 Å². The Hall–Kier alpha value is -1.26. The number of benzene rings is 1. The molecule has 0 bridgehead atoms. The fourth-order valence-corrected chi connectivity index (χ4v) is 1.36. The van der Waals surface area contributed by atoms with E-state index < -0.39 is 0 Å². The van der Waals surface area contributed by atoms with Gasteiger partial charge in [-0.05, 0) is 31.0 Å². The van der Waals surface area contributed by atoms with Crippen molar-refractivity contribution in [2.45, 2.75) is 12.8 Å². The Kier molecular flexibility index (Phi) is 6.37. The fraction of sp³-hybridized carbons (Fsp3) is 0.500. The number of hydrogen-bond acceptors (Lipinski definition) is 4. The van der Waals surface area contributed by atoms with Gasteiger partial charge in [0.05, 0.1) is 0 Å². The summed E-state index contributed by atoms with van der Waals surface area (Å²) in [7, 11) is 0. The van der Waals surface area contributed by atoms with Crippen molar-refractivity contribution in [2.75, 3.05) is 36.9 Å². The Morgan fingerprint density at radius 2 is 1.38 bits per heavy atom. The molecule has 4 N–H and O–H groups in total. The number of aliphatic hydroxyl groups excluding tert-OH is 2. The third-order valence-electron chi connectivity index (χ3n) is 2.19. The summed E-state index contributed by atoms with van der Waals surface area (Å²) in [6.07, 6.45) is 1.50. The first-order chi connectivity index (χ1) is 7.86. The second kappa shape index (κ2) is 7.96. The fourth-order valence-electron chi connectivity index (χ4n) is 1.36. The van der Waals surface area contributed by atoms with Crippen molar-refractivity contribution in [3.8, 4) is 0 Å². The Bertz CT molecular complexity index is 267. The highest BCUT2D eigenvalue weighted by Crippen LogP contribution is 2.14. The van der Waals surface area contributed by atoms with Crippen LogP contribution in [0, 0.1) is 0 Å². The minimum atomic E-state index is 0.210. The lowest BCUT2D eigenvalue weighted by Crippen LogP contribution is -2.05. The van der Waals surface area contributed by atoms with Crippen LogP contribution in [0.25, 0.3) is 0 Å². The largest absolute Gasteiger partial charge is 0.396 e. The number of aliphatic hydroxyl groups is 2. The summed E-state index contributed by atoms with van der Waals surface area (Å²) in [5.74, 6) is 0. The van der Waals surface area contributed by atoms with Gasteiger partial charge in [0.2, 0.25) is 0 Å². The monoisotopic (exact) mass is 224 g/mol. The number of nitrogens with one attached hydrogen (secondary N) is 2. The van der Waals surface area contributed by atoms with E-state index >= 15 is 0 Å². The van der Waals surface area contributed by atoms with Crippen LogP contribution in [0.4, 0.5) is 11.4 Å². The Labute approximate surface area is 96.3 Å².